The zero-order valence-corrected chi connectivity index (χ0v) is 11.6. The Morgan fingerprint density at radius 3 is 2.41 bits per heavy atom. The maximum absolute atomic E-state index is 10.6. The van der Waals surface area contributed by atoms with Gasteiger partial charge in [0.15, 0.2) is 0 Å². The molecular formula is C14H18Cl2O. The third-order valence-corrected chi connectivity index (χ3v) is 4.88. The third-order valence-electron chi connectivity index (χ3n) is 4.14. The Balaban J connectivity index is 2.29. The molecule has 1 atom stereocenters. The average Bonchev–Trinajstić information content (AvgIpc) is 2.81. The number of aliphatic hydroxyl groups is 1. The quantitative estimate of drug-likeness (QED) is 0.821. The molecule has 2 rings (SSSR count). The van der Waals surface area contributed by atoms with Crippen molar-refractivity contribution < 1.29 is 5.11 Å². The van der Waals surface area contributed by atoms with Gasteiger partial charge in [-0.05, 0) is 37.0 Å². The number of benzene rings is 1. The molecule has 1 aliphatic rings. The van der Waals surface area contributed by atoms with Crippen LogP contribution in [0.1, 0.15) is 50.7 Å². The summed E-state index contributed by atoms with van der Waals surface area (Å²) in [4.78, 5) is 0. The smallest absolute Gasteiger partial charge is 0.0846 e. The van der Waals surface area contributed by atoms with Crippen molar-refractivity contribution in [2.24, 2.45) is 5.41 Å². The van der Waals surface area contributed by atoms with Crippen molar-refractivity contribution in [1.82, 2.24) is 0 Å². The van der Waals surface area contributed by atoms with Crippen LogP contribution in [0.15, 0.2) is 18.2 Å². The summed E-state index contributed by atoms with van der Waals surface area (Å²) in [7, 11) is 0. The van der Waals surface area contributed by atoms with E-state index < -0.39 is 6.10 Å². The molecule has 0 aliphatic heterocycles. The summed E-state index contributed by atoms with van der Waals surface area (Å²) in [5.41, 5.74) is 0.931. The molecule has 0 heterocycles. The van der Waals surface area contributed by atoms with E-state index >= 15 is 0 Å². The molecule has 0 radical (unpaired) electrons. The Morgan fingerprint density at radius 1 is 1.24 bits per heavy atom. The van der Waals surface area contributed by atoms with Crippen LogP contribution in [0.5, 0.6) is 0 Å². The van der Waals surface area contributed by atoms with Gasteiger partial charge in [-0.25, -0.2) is 0 Å². The Bertz CT molecular complexity index is 397. The first-order valence-electron chi connectivity index (χ1n) is 6.22. The second-order valence-corrected chi connectivity index (χ2v) is 5.81. The van der Waals surface area contributed by atoms with Crippen LogP contribution in [-0.2, 0) is 0 Å². The molecule has 3 heteroatoms. The Morgan fingerprint density at radius 2 is 1.88 bits per heavy atom. The summed E-state index contributed by atoms with van der Waals surface area (Å²) in [5, 5.41) is 11.6. The van der Waals surface area contributed by atoms with Crippen molar-refractivity contribution in [3.8, 4) is 0 Å². The van der Waals surface area contributed by atoms with Crippen molar-refractivity contribution in [3.63, 3.8) is 0 Å². The maximum Gasteiger partial charge on any atom is 0.0846 e. The number of halogens is 2. The van der Waals surface area contributed by atoms with Crippen molar-refractivity contribution >= 4 is 23.2 Å². The predicted octanol–water partition coefficient (Wildman–Crippen LogP) is 5.00. The van der Waals surface area contributed by atoms with Gasteiger partial charge in [-0.15, -0.1) is 0 Å². The monoisotopic (exact) mass is 272 g/mol. The van der Waals surface area contributed by atoms with E-state index in [4.69, 9.17) is 23.2 Å². The molecule has 1 saturated carbocycles. The Labute approximate surface area is 113 Å². The normalized spacial score (nSPS) is 20.5. The van der Waals surface area contributed by atoms with Gasteiger partial charge in [0.25, 0.3) is 0 Å². The second kappa shape index (κ2) is 5.17. The highest BCUT2D eigenvalue weighted by Crippen LogP contribution is 2.50. The SMILES string of the molecule is CCC1(C(O)c2ccc(Cl)c(Cl)c2)CCCC1. The number of hydrogen-bond acceptors (Lipinski definition) is 1. The zero-order valence-electron chi connectivity index (χ0n) is 10.0. The second-order valence-electron chi connectivity index (χ2n) is 5.00. The van der Waals surface area contributed by atoms with E-state index in [1.165, 1.54) is 12.8 Å². The zero-order chi connectivity index (χ0) is 12.5. The minimum atomic E-state index is -0.426. The standard InChI is InChI=1S/C14H18Cl2O/c1-2-14(7-3-4-8-14)13(17)10-5-6-11(15)12(16)9-10/h5-6,9,13,17H,2-4,7-8H2,1H3. The van der Waals surface area contributed by atoms with E-state index in [1.54, 1.807) is 12.1 Å². The van der Waals surface area contributed by atoms with Gasteiger partial charge in [-0.1, -0.05) is 49.0 Å². The van der Waals surface area contributed by atoms with Crippen LogP contribution in [0, 0.1) is 5.41 Å². The molecule has 0 saturated heterocycles. The van der Waals surface area contributed by atoms with Crippen molar-refractivity contribution in [1.29, 1.82) is 0 Å². The first-order valence-corrected chi connectivity index (χ1v) is 6.98. The van der Waals surface area contributed by atoms with Crippen molar-refractivity contribution in [2.75, 3.05) is 0 Å². The molecule has 1 nitrogen and oxygen atoms in total. The topological polar surface area (TPSA) is 20.2 Å². The fourth-order valence-corrected chi connectivity index (χ4v) is 3.24. The van der Waals surface area contributed by atoms with Gasteiger partial charge in [-0.3, -0.25) is 0 Å². The molecule has 1 aliphatic carbocycles. The molecule has 17 heavy (non-hydrogen) atoms. The lowest BCUT2D eigenvalue weighted by molar-refractivity contribution is 0.0238. The van der Waals surface area contributed by atoms with Crippen LogP contribution in [0.4, 0.5) is 0 Å². The average molecular weight is 273 g/mol. The number of rotatable bonds is 3. The molecule has 0 bridgehead atoms. The lowest BCUT2D eigenvalue weighted by Crippen LogP contribution is -2.25. The largest absolute Gasteiger partial charge is 0.388 e. The fraction of sp³-hybridized carbons (Fsp3) is 0.571. The van der Waals surface area contributed by atoms with Gasteiger partial charge in [0.2, 0.25) is 0 Å². The summed E-state index contributed by atoms with van der Waals surface area (Å²) < 4.78 is 0. The number of aliphatic hydroxyl groups excluding tert-OH is 1. The first kappa shape index (κ1) is 13.2. The molecule has 1 fully saturated rings. The van der Waals surface area contributed by atoms with E-state index in [2.05, 4.69) is 6.92 Å². The predicted molar refractivity (Wildman–Crippen MR) is 72.6 cm³/mol. The molecule has 1 N–H and O–H groups in total. The van der Waals surface area contributed by atoms with Gasteiger partial charge < -0.3 is 5.11 Å². The van der Waals surface area contributed by atoms with E-state index in [-0.39, 0.29) is 5.41 Å². The van der Waals surface area contributed by atoms with E-state index in [1.807, 2.05) is 6.07 Å². The van der Waals surface area contributed by atoms with Crippen LogP contribution in [0.2, 0.25) is 10.0 Å². The van der Waals surface area contributed by atoms with Crippen LogP contribution in [0.3, 0.4) is 0 Å². The molecule has 1 aromatic carbocycles. The number of hydrogen-bond donors (Lipinski definition) is 1. The molecule has 0 aromatic heterocycles. The van der Waals surface area contributed by atoms with E-state index in [0.717, 1.165) is 24.8 Å². The van der Waals surface area contributed by atoms with Gasteiger partial charge in [0.1, 0.15) is 0 Å². The molecule has 0 spiro atoms. The lowest BCUT2D eigenvalue weighted by Gasteiger charge is -2.33. The summed E-state index contributed by atoms with van der Waals surface area (Å²) in [5.74, 6) is 0. The van der Waals surface area contributed by atoms with Gasteiger partial charge in [0.05, 0.1) is 16.1 Å². The summed E-state index contributed by atoms with van der Waals surface area (Å²) in [6, 6.07) is 5.44. The molecule has 1 unspecified atom stereocenters. The van der Waals surface area contributed by atoms with E-state index in [0.29, 0.717) is 10.0 Å². The van der Waals surface area contributed by atoms with E-state index in [9.17, 15) is 5.11 Å². The van der Waals surface area contributed by atoms with Gasteiger partial charge >= 0.3 is 0 Å². The van der Waals surface area contributed by atoms with Crippen LogP contribution in [0.25, 0.3) is 0 Å². The fourth-order valence-electron chi connectivity index (χ4n) is 2.94. The third kappa shape index (κ3) is 2.47. The maximum atomic E-state index is 10.6. The molecule has 0 amide bonds. The highest BCUT2D eigenvalue weighted by molar-refractivity contribution is 6.42. The summed E-state index contributed by atoms with van der Waals surface area (Å²) in [6.07, 6.45) is 5.22. The minimum Gasteiger partial charge on any atom is -0.388 e. The minimum absolute atomic E-state index is 0.0388. The molecular weight excluding hydrogens is 255 g/mol. The van der Waals surface area contributed by atoms with Crippen LogP contribution >= 0.6 is 23.2 Å². The van der Waals surface area contributed by atoms with Crippen molar-refractivity contribution in [3.05, 3.63) is 33.8 Å². The van der Waals surface area contributed by atoms with Crippen LogP contribution < -0.4 is 0 Å². The molecule has 1 aromatic rings. The van der Waals surface area contributed by atoms with Gasteiger partial charge in [0, 0.05) is 5.41 Å². The molecule has 94 valence electrons. The first-order chi connectivity index (χ1) is 8.09. The Kier molecular flexibility index (Phi) is 4.02. The van der Waals surface area contributed by atoms with Crippen LogP contribution in [-0.4, -0.2) is 5.11 Å². The van der Waals surface area contributed by atoms with Gasteiger partial charge in [-0.2, -0.15) is 0 Å². The Hall–Kier alpha value is -0.240. The highest BCUT2D eigenvalue weighted by Gasteiger charge is 2.39. The van der Waals surface area contributed by atoms with Crippen molar-refractivity contribution in [2.45, 2.75) is 45.1 Å². The highest BCUT2D eigenvalue weighted by atomic mass is 35.5. The lowest BCUT2D eigenvalue weighted by atomic mass is 9.75. The summed E-state index contributed by atoms with van der Waals surface area (Å²) >= 11 is 11.9. The summed E-state index contributed by atoms with van der Waals surface area (Å²) in [6.45, 7) is 2.16.